The zero-order valence-electron chi connectivity index (χ0n) is 13.3. The SMILES string of the molecule is CN(C)C[C@@H]1OC[C@@H]2CN(S(=O)(=O)c3cn(C)cn3)CC[C@@H]21. The van der Waals surface area contributed by atoms with Crippen LogP contribution in [-0.4, -0.2) is 73.6 Å². The molecule has 22 heavy (non-hydrogen) atoms. The molecule has 124 valence electrons. The maximum atomic E-state index is 12.6. The lowest BCUT2D eigenvalue weighted by Crippen LogP contribution is -2.45. The van der Waals surface area contributed by atoms with Crippen molar-refractivity contribution in [2.45, 2.75) is 17.6 Å². The molecule has 2 aliphatic heterocycles. The van der Waals surface area contributed by atoms with Gasteiger partial charge in [0.25, 0.3) is 10.0 Å². The van der Waals surface area contributed by atoms with Crippen molar-refractivity contribution in [2.75, 3.05) is 40.3 Å². The first kappa shape index (κ1) is 15.9. The van der Waals surface area contributed by atoms with Crippen molar-refractivity contribution in [1.29, 1.82) is 0 Å². The lowest BCUT2D eigenvalue weighted by molar-refractivity contribution is 0.0653. The van der Waals surface area contributed by atoms with E-state index < -0.39 is 10.0 Å². The van der Waals surface area contributed by atoms with Crippen LogP contribution in [0.4, 0.5) is 0 Å². The Morgan fingerprint density at radius 1 is 1.45 bits per heavy atom. The van der Waals surface area contributed by atoms with Gasteiger partial charge in [0, 0.05) is 38.8 Å². The average molecular weight is 328 g/mol. The second kappa shape index (κ2) is 5.92. The molecule has 7 nitrogen and oxygen atoms in total. The molecule has 2 aliphatic rings. The maximum absolute atomic E-state index is 12.6. The van der Waals surface area contributed by atoms with E-state index in [1.165, 1.54) is 6.33 Å². The molecular formula is C14H24N4O3S. The molecule has 2 fully saturated rings. The number of nitrogens with zero attached hydrogens (tertiary/aromatic N) is 4. The Morgan fingerprint density at radius 3 is 2.86 bits per heavy atom. The van der Waals surface area contributed by atoms with E-state index >= 15 is 0 Å². The van der Waals surface area contributed by atoms with Gasteiger partial charge in [-0.15, -0.1) is 0 Å². The van der Waals surface area contributed by atoms with Crippen molar-refractivity contribution < 1.29 is 13.2 Å². The smallest absolute Gasteiger partial charge is 0.262 e. The van der Waals surface area contributed by atoms with Crippen molar-refractivity contribution in [3.05, 3.63) is 12.5 Å². The minimum absolute atomic E-state index is 0.136. The number of fused-ring (bicyclic) bond motifs is 1. The molecule has 0 aliphatic carbocycles. The second-order valence-electron chi connectivity index (χ2n) is 6.59. The number of ether oxygens (including phenoxy) is 1. The van der Waals surface area contributed by atoms with E-state index in [1.54, 1.807) is 22.1 Å². The summed E-state index contributed by atoms with van der Waals surface area (Å²) in [6.45, 7) is 2.63. The largest absolute Gasteiger partial charge is 0.376 e. The van der Waals surface area contributed by atoms with Gasteiger partial charge < -0.3 is 14.2 Å². The van der Waals surface area contributed by atoms with Crippen LogP contribution >= 0.6 is 0 Å². The molecule has 1 aromatic heterocycles. The highest BCUT2D eigenvalue weighted by Crippen LogP contribution is 2.36. The fraction of sp³-hybridized carbons (Fsp3) is 0.786. The molecule has 0 N–H and O–H groups in total. The Labute approximate surface area is 131 Å². The van der Waals surface area contributed by atoms with Crippen LogP contribution in [0.15, 0.2) is 17.6 Å². The molecule has 8 heteroatoms. The Hall–Kier alpha value is -0.960. The Morgan fingerprint density at radius 2 is 2.23 bits per heavy atom. The normalized spacial score (nSPS) is 29.9. The molecule has 0 amide bonds. The van der Waals surface area contributed by atoms with Crippen LogP contribution in [0.25, 0.3) is 0 Å². The van der Waals surface area contributed by atoms with Gasteiger partial charge in [0.1, 0.15) is 0 Å². The van der Waals surface area contributed by atoms with Gasteiger partial charge in [0.2, 0.25) is 0 Å². The highest BCUT2D eigenvalue weighted by atomic mass is 32.2. The number of sulfonamides is 1. The predicted octanol–water partition coefficient (Wildman–Crippen LogP) is 0.00730. The van der Waals surface area contributed by atoms with Gasteiger partial charge in [0.05, 0.1) is 19.0 Å². The van der Waals surface area contributed by atoms with Crippen molar-refractivity contribution in [3.63, 3.8) is 0 Å². The fourth-order valence-corrected chi connectivity index (χ4v) is 4.95. The fourth-order valence-electron chi connectivity index (χ4n) is 3.47. The lowest BCUT2D eigenvalue weighted by atomic mass is 9.85. The van der Waals surface area contributed by atoms with Crippen molar-refractivity contribution in [1.82, 2.24) is 18.8 Å². The summed E-state index contributed by atoms with van der Waals surface area (Å²) in [5, 5.41) is 0.136. The Kier molecular flexibility index (Phi) is 4.28. The highest BCUT2D eigenvalue weighted by molar-refractivity contribution is 7.89. The van der Waals surface area contributed by atoms with Gasteiger partial charge in [0.15, 0.2) is 5.03 Å². The van der Waals surface area contributed by atoms with Crippen LogP contribution in [0.2, 0.25) is 0 Å². The molecule has 0 radical (unpaired) electrons. The summed E-state index contributed by atoms with van der Waals surface area (Å²) in [6, 6.07) is 0. The lowest BCUT2D eigenvalue weighted by Gasteiger charge is -2.34. The topological polar surface area (TPSA) is 67.7 Å². The number of aryl methyl sites for hydroxylation is 1. The number of hydrogen-bond acceptors (Lipinski definition) is 5. The molecule has 0 bridgehead atoms. The number of aromatic nitrogens is 2. The van der Waals surface area contributed by atoms with Gasteiger partial charge in [-0.3, -0.25) is 0 Å². The zero-order chi connectivity index (χ0) is 15.9. The van der Waals surface area contributed by atoms with E-state index in [0.717, 1.165) is 13.0 Å². The molecule has 2 saturated heterocycles. The standard InChI is InChI=1S/C14H24N4O3S/c1-16(2)7-13-12-4-5-18(6-11(12)9-21-13)22(19,20)14-8-17(3)10-15-14/h8,10-13H,4-7,9H2,1-3H3/t11-,12-,13-/m0/s1. The monoisotopic (exact) mass is 328 g/mol. The van der Waals surface area contributed by atoms with Crippen LogP contribution in [-0.2, 0) is 21.8 Å². The third-order valence-corrected chi connectivity index (χ3v) is 6.34. The Bertz CT molecular complexity index is 628. The molecule has 1 aromatic rings. The third-order valence-electron chi connectivity index (χ3n) is 4.59. The molecule has 0 unspecified atom stereocenters. The zero-order valence-corrected chi connectivity index (χ0v) is 14.2. The average Bonchev–Trinajstić information content (AvgIpc) is 3.05. The third kappa shape index (κ3) is 2.92. The summed E-state index contributed by atoms with van der Waals surface area (Å²) in [6.07, 6.45) is 4.15. The first-order valence-corrected chi connectivity index (χ1v) is 9.06. The minimum Gasteiger partial charge on any atom is -0.376 e. The van der Waals surface area contributed by atoms with Crippen LogP contribution in [0.5, 0.6) is 0 Å². The summed E-state index contributed by atoms with van der Waals surface area (Å²) >= 11 is 0. The van der Waals surface area contributed by atoms with Crippen molar-refractivity contribution in [3.8, 4) is 0 Å². The number of piperidine rings is 1. The summed E-state index contributed by atoms with van der Waals surface area (Å²) < 4.78 is 34.4. The van der Waals surface area contributed by atoms with Gasteiger partial charge in [-0.05, 0) is 26.4 Å². The van der Waals surface area contributed by atoms with Crippen LogP contribution in [0.1, 0.15) is 6.42 Å². The van der Waals surface area contributed by atoms with Gasteiger partial charge in [-0.25, -0.2) is 13.4 Å². The van der Waals surface area contributed by atoms with Crippen molar-refractivity contribution >= 4 is 10.0 Å². The molecule has 0 aromatic carbocycles. The van der Waals surface area contributed by atoms with E-state index in [2.05, 4.69) is 9.88 Å². The molecule has 3 rings (SSSR count). The van der Waals surface area contributed by atoms with Crippen LogP contribution in [0.3, 0.4) is 0 Å². The predicted molar refractivity (Wildman–Crippen MR) is 81.9 cm³/mol. The molecular weight excluding hydrogens is 304 g/mol. The number of likely N-dealkylation sites (N-methyl/N-ethyl adjacent to an activating group) is 1. The first-order chi connectivity index (χ1) is 10.4. The van der Waals surface area contributed by atoms with Gasteiger partial charge in [-0.2, -0.15) is 4.31 Å². The maximum Gasteiger partial charge on any atom is 0.262 e. The van der Waals surface area contributed by atoms with Gasteiger partial charge in [-0.1, -0.05) is 0 Å². The number of imidazole rings is 1. The first-order valence-electron chi connectivity index (χ1n) is 7.62. The minimum atomic E-state index is -3.48. The van der Waals surface area contributed by atoms with E-state index in [0.29, 0.717) is 25.6 Å². The quantitative estimate of drug-likeness (QED) is 0.779. The number of hydrogen-bond donors (Lipinski definition) is 0. The second-order valence-corrected chi connectivity index (χ2v) is 8.47. The van der Waals surface area contributed by atoms with E-state index in [1.807, 2.05) is 14.1 Å². The van der Waals surface area contributed by atoms with E-state index in [9.17, 15) is 8.42 Å². The summed E-state index contributed by atoms with van der Waals surface area (Å²) in [4.78, 5) is 6.13. The van der Waals surface area contributed by atoms with Gasteiger partial charge >= 0.3 is 0 Å². The number of rotatable bonds is 4. The molecule has 0 spiro atoms. The Balaban J connectivity index is 1.71. The molecule has 0 saturated carbocycles. The van der Waals surface area contributed by atoms with Crippen molar-refractivity contribution in [2.24, 2.45) is 18.9 Å². The van der Waals surface area contributed by atoms with E-state index in [-0.39, 0.29) is 17.0 Å². The highest BCUT2D eigenvalue weighted by Gasteiger charge is 2.44. The molecule has 3 atom stereocenters. The molecule has 3 heterocycles. The summed E-state index contributed by atoms with van der Waals surface area (Å²) in [5.41, 5.74) is 0. The summed E-state index contributed by atoms with van der Waals surface area (Å²) in [7, 11) is 2.37. The van der Waals surface area contributed by atoms with E-state index in [4.69, 9.17) is 4.74 Å². The van der Waals surface area contributed by atoms with Crippen LogP contribution < -0.4 is 0 Å². The van der Waals surface area contributed by atoms with Crippen LogP contribution in [0, 0.1) is 11.8 Å². The summed E-state index contributed by atoms with van der Waals surface area (Å²) in [5.74, 6) is 0.745.